The van der Waals surface area contributed by atoms with Gasteiger partial charge in [-0.1, -0.05) is 0 Å². The van der Waals surface area contributed by atoms with E-state index in [9.17, 15) is 9.59 Å². The maximum absolute atomic E-state index is 10.8. The highest BCUT2D eigenvalue weighted by Crippen LogP contribution is 2.13. The third kappa shape index (κ3) is 3.06. The maximum atomic E-state index is 10.8. The van der Waals surface area contributed by atoms with E-state index < -0.39 is 5.97 Å². The zero-order valence-corrected chi connectivity index (χ0v) is 8.92. The van der Waals surface area contributed by atoms with Gasteiger partial charge in [0.1, 0.15) is 0 Å². The van der Waals surface area contributed by atoms with Crippen molar-refractivity contribution in [2.24, 2.45) is 0 Å². The molecule has 0 spiro atoms. The third-order valence-electron chi connectivity index (χ3n) is 2.11. The van der Waals surface area contributed by atoms with Gasteiger partial charge in [0.25, 0.3) is 0 Å². The van der Waals surface area contributed by atoms with E-state index in [1.165, 1.54) is 17.0 Å². The van der Waals surface area contributed by atoms with Gasteiger partial charge in [-0.25, -0.2) is 4.79 Å². The molecule has 1 rings (SSSR count). The second-order valence-corrected chi connectivity index (χ2v) is 3.14. The Hall–Kier alpha value is -1.88. The number of anilines is 1. The molecule has 0 radical (unpaired) electrons. The minimum absolute atomic E-state index is 0.196. The van der Waals surface area contributed by atoms with E-state index >= 15 is 0 Å². The number of carbonyl (C=O) groups excluding carboxylic acids is 1. The molecule has 0 aliphatic heterocycles. The summed E-state index contributed by atoms with van der Waals surface area (Å²) in [6, 6.07) is 6.10. The largest absolute Gasteiger partial charge is 0.478 e. The van der Waals surface area contributed by atoms with Crippen LogP contribution in [-0.2, 0) is 9.53 Å². The van der Waals surface area contributed by atoms with Crippen LogP contribution >= 0.6 is 0 Å². The van der Waals surface area contributed by atoms with Crippen molar-refractivity contribution in [1.29, 1.82) is 0 Å². The van der Waals surface area contributed by atoms with Crippen molar-refractivity contribution in [1.82, 2.24) is 0 Å². The highest BCUT2D eigenvalue weighted by atomic mass is 16.5. The number of aromatic carboxylic acids is 1. The summed E-state index contributed by atoms with van der Waals surface area (Å²) >= 11 is 0. The molecule has 86 valence electrons. The number of hydrogen-bond acceptors (Lipinski definition) is 3. The number of carboxylic acids is 1. The number of hydrogen-bond donors (Lipinski definition) is 1. The molecule has 5 nitrogen and oxygen atoms in total. The zero-order valence-electron chi connectivity index (χ0n) is 8.92. The van der Waals surface area contributed by atoms with E-state index in [2.05, 4.69) is 0 Å². The normalized spacial score (nSPS) is 9.81. The Bertz CT molecular complexity index is 361. The molecule has 0 atom stereocenters. The number of benzene rings is 1. The SMILES string of the molecule is COCCN(C=O)c1ccc(C(=O)O)cc1. The molecular formula is C11H13NO4. The highest BCUT2D eigenvalue weighted by Gasteiger charge is 2.06. The molecule has 0 heterocycles. The topological polar surface area (TPSA) is 66.8 Å². The molecule has 5 heteroatoms. The van der Waals surface area contributed by atoms with Crippen LogP contribution in [0, 0.1) is 0 Å². The molecule has 16 heavy (non-hydrogen) atoms. The van der Waals surface area contributed by atoms with Crippen LogP contribution in [0.4, 0.5) is 5.69 Å². The van der Waals surface area contributed by atoms with E-state index in [4.69, 9.17) is 9.84 Å². The molecule has 0 fully saturated rings. The van der Waals surface area contributed by atoms with Crippen molar-refractivity contribution < 1.29 is 19.4 Å². The van der Waals surface area contributed by atoms with Gasteiger partial charge in [0.15, 0.2) is 0 Å². The molecule has 1 amide bonds. The minimum atomic E-state index is -0.985. The van der Waals surface area contributed by atoms with Gasteiger partial charge in [0.05, 0.1) is 12.2 Å². The van der Waals surface area contributed by atoms with E-state index in [-0.39, 0.29) is 5.56 Å². The van der Waals surface area contributed by atoms with Crippen LogP contribution in [0.5, 0.6) is 0 Å². The zero-order chi connectivity index (χ0) is 12.0. The number of nitrogens with zero attached hydrogens (tertiary/aromatic N) is 1. The molecule has 1 N–H and O–H groups in total. The van der Waals surface area contributed by atoms with Gasteiger partial charge in [0, 0.05) is 19.3 Å². The Morgan fingerprint density at radius 2 is 2.06 bits per heavy atom. The molecule has 1 aromatic carbocycles. The molecule has 1 aromatic rings. The van der Waals surface area contributed by atoms with Crippen LogP contribution in [0.25, 0.3) is 0 Å². The first-order valence-electron chi connectivity index (χ1n) is 4.73. The maximum Gasteiger partial charge on any atom is 0.335 e. The summed E-state index contributed by atoms with van der Waals surface area (Å²) < 4.78 is 4.86. The monoisotopic (exact) mass is 223 g/mol. The fourth-order valence-corrected chi connectivity index (χ4v) is 1.23. The summed E-state index contributed by atoms with van der Waals surface area (Å²) in [5, 5.41) is 8.71. The van der Waals surface area contributed by atoms with Crippen LogP contribution < -0.4 is 4.90 Å². The van der Waals surface area contributed by atoms with Crippen LogP contribution in [0.1, 0.15) is 10.4 Å². The Labute approximate surface area is 93.2 Å². The van der Waals surface area contributed by atoms with E-state index in [1.807, 2.05) is 0 Å². The Morgan fingerprint density at radius 1 is 1.44 bits per heavy atom. The first kappa shape index (κ1) is 12.2. The van der Waals surface area contributed by atoms with Crippen molar-refractivity contribution in [2.75, 3.05) is 25.2 Å². The summed E-state index contributed by atoms with van der Waals surface area (Å²) in [5.41, 5.74) is 0.846. The first-order chi connectivity index (χ1) is 7.69. The molecule has 0 unspecified atom stereocenters. The third-order valence-corrected chi connectivity index (χ3v) is 2.11. The number of carboxylic acid groups (broad SMARTS) is 1. The number of methoxy groups -OCH3 is 1. The average molecular weight is 223 g/mol. The lowest BCUT2D eigenvalue weighted by molar-refractivity contribution is -0.107. The second kappa shape index (κ2) is 5.87. The summed E-state index contributed by atoms with van der Waals surface area (Å²) in [6.07, 6.45) is 0.689. The Kier molecular flexibility index (Phi) is 4.47. The standard InChI is InChI=1S/C11H13NO4/c1-16-7-6-12(8-13)10-4-2-9(3-5-10)11(14)15/h2-5,8H,6-7H2,1H3,(H,14,15). The van der Waals surface area contributed by atoms with Crippen molar-refractivity contribution >= 4 is 18.1 Å². The van der Waals surface area contributed by atoms with Gasteiger partial charge in [-0.2, -0.15) is 0 Å². The summed E-state index contributed by atoms with van der Waals surface area (Å²) in [5.74, 6) is -0.985. The lowest BCUT2D eigenvalue weighted by Gasteiger charge is -2.16. The Balaban J connectivity index is 2.78. The fourth-order valence-electron chi connectivity index (χ4n) is 1.23. The first-order valence-corrected chi connectivity index (χ1v) is 4.73. The van der Waals surface area contributed by atoms with Crippen molar-refractivity contribution in [3.05, 3.63) is 29.8 Å². The van der Waals surface area contributed by atoms with Gasteiger partial charge >= 0.3 is 5.97 Å². The van der Waals surface area contributed by atoms with Crippen LogP contribution in [-0.4, -0.2) is 37.7 Å². The van der Waals surface area contributed by atoms with Crippen molar-refractivity contribution in [3.8, 4) is 0 Å². The fraction of sp³-hybridized carbons (Fsp3) is 0.273. The van der Waals surface area contributed by atoms with Crippen molar-refractivity contribution in [3.63, 3.8) is 0 Å². The lowest BCUT2D eigenvalue weighted by Crippen LogP contribution is -2.25. The predicted octanol–water partition coefficient (Wildman–Crippen LogP) is 0.994. The molecule has 0 aliphatic carbocycles. The van der Waals surface area contributed by atoms with Gasteiger partial charge in [0.2, 0.25) is 6.41 Å². The quantitative estimate of drug-likeness (QED) is 0.730. The van der Waals surface area contributed by atoms with E-state index in [0.29, 0.717) is 25.2 Å². The predicted molar refractivity (Wildman–Crippen MR) is 58.7 cm³/mol. The van der Waals surface area contributed by atoms with E-state index in [1.54, 1.807) is 19.2 Å². The summed E-state index contributed by atoms with van der Waals surface area (Å²) in [6.45, 7) is 0.867. The summed E-state index contributed by atoms with van der Waals surface area (Å²) in [7, 11) is 1.55. The van der Waals surface area contributed by atoms with Gasteiger partial charge in [-0.05, 0) is 24.3 Å². The minimum Gasteiger partial charge on any atom is -0.478 e. The van der Waals surface area contributed by atoms with E-state index in [0.717, 1.165) is 0 Å². The molecule has 0 saturated carbocycles. The van der Waals surface area contributed by atoms with Crippen molar-refractivity contribution in [2.45, 2.75) is 0 Å². The van der Waals surface area contributed by atoms with Crippen LogP contribution in [0.3, 0.4) is 0 Å². The number of ether oxygens (including phenoxy) is 1. The molecule has 0 bridgehead atoms. The molecular weight excluding hydrogens is 210 g/mol. The highest BCUT2D eigenvalue weighted by molar-refractivity contribution is 5.88. The average Bonchev–Trinajstić information content (AvgIpc) is 2.30. The molecule has 0 aliphatic rings. The summed E-state index contributed by atoms with van der Waals surface area (Å²) in [4.78, 5) is 22.9. The van der Waals surface area contributed by atoms with Crippen LogP contribution in [0.2, 0.25) is 0 Å². The van der Waals surface area contributed by atoms with Crippen LogP contribution in [0.15, 0.2) is 24.3 Å². The number of amides is 1. The van der Waals surface area contributed by atoms with Gasteiger partial charge in [-0.15, -0.1) is 0 Å². The lowest BCUT2D eigenvalue weighted by atomic mass is 10.2. The Morgan fingerprint density at radius 3 is 2.50 bits per heavy atom. The number of carbonyl (C=O) groups is 2. The van der Waals surface area contributed by atoms with Gasteiger partial charge in [-0.3, -0.25) is 4.79 Å². The smallest absolute Gasteiger partial charge is 0.335 e. The second-order valence-electron chi connectivity index (χ2n) is 3.14. The van der Waals surface area contributed by atoms with Gasteiger partial charge < -0.3 is 14.7 Å². The molecule has 0 aromatic heterocycles. The number of rotatable bonds is 6. The molecule has 0 saturated heterocycles.